The lowest BCUT2D eigenvalue weighted by Crippen LogP contribution is -2.51. The summed E-state index contributed by atoms with van der Waals surface area (Å²) in [6, 6.07) is 11.3. The number of nitrogens with one attached hydrogen (secondary N) is 1. The van der Waals surface area contributed by atoms with Gasteiger partial charge in [0.2, 0.25) is 0 Å². The molecule has 3 rings (SSSR count). The highest BCUT2D eigenvalue weighted by Gasteiger charge is 2.43. The van der Waals surface area contributed by atoms with E-state index in [-0.39, 0.29) is 5.41 Å². The van der Waals surface area contributed by atoms with Crippen molar-refractivity contribution < 1.29 is 0 Å². The van der Waals surface area contributed by atoms with Crippen LogP contribution in [0.5, 0.6) is 0 Å². The molecule has 0 aliphatic heterocycles. The summed E-state index contributed by atoms with van der Waals surface area (Å²) in [5.74, 6) is 6.02. The Hall–Kier alpha value is -1.12. The third kappa shape index (κ3) is 2.43. The SMILES string of the molecule is NNC(C1=CCCCC1)C1(c2ccccc2)CCCC1. The van der Waals surface area contributed by atoms with Crippen LogP contribution in [0.1, 0.15) is 56.9 Å². The van der Waals surface area contributed by atoms with Gasteiger partial charge in [-0.25, -0.2) is 0 Å². The minimum absolute atomic E-state index is 0.208. The van der Waals surface area contributed by atoms with Crippen LogP contribution in [0.15, 0.2) is 42.0 Å². The summed E-state index contributed by atoms with van der Waals surface area (Å²) in [4.78, 5) is 0. The van der Waals surface area contributed by atoms with Crippen LogP contribution in [-0.4, -0.2) is 6.04 Å². The Morgan fingerprint density at radius 2 is 1.75 bits per heavy atom. The van der Waals surface area contributed by atoms with E-state index in [4.69, 9.17) is 5.84 Å². The van der Waals surface area contributed by atoms with Crippen molar-refractivity contribution in [3.05, 3.63) is 47.5 Å². The first kappa shape index (κ1) is 13.8. The maximum atomic E-state index is 6.02. The van der Waals surface area contributed by atoms with Crippen LogP contribution in [0.3, 0.4) is 0 Å². The zero-order chi connectivity index (χ0) is 13.8. The molecule has 20 heavy (non-hydrogen) atoms. The minimum Gasteiger partial charge on any atom is -0.271 e. The smallest absolute Gasteiger partial charge is 0.0516 e. The van der Waals surface area contributed by atoms with E-state index >= 15 is 0 Å². The Bertz CT molecular complexity index is 458. The zero-order valence-corrected chi connectivity index (χ0v) is 12.3. The molecule has 2 heteroatoms. The third-order valence-electron chi connectivity index (χ3n) is 5.26. The average Bonchev–Trinajstić information content (AvgIpc) is 3.01. The largest absolute Gasteiger partial charge is 0.271 e. The molecule has 0 amide bonds. The second kappa shape index (κ2) is 6.11. The molecule has 0 radical (unpaired) electrons. The van der Waals surface area contributed by atoms with Crippen LogP contribution in [0.2, 0.25) is 0 Å². The van der Waals surface area contributed by atoms with Gasteiger partial charge in [0.15, 0.2) is 0 Å². The molecule has 2 aliphatic carbocycles. The van der Waals surface area contributed by atoms with Crippen LogP contribution >= 0.6 is 0 Å². The van der Waals surface area contributed by atoms with Gasteiger partial charge in [-0.15, -0.1) is 0 Å². The topological polar surface area (TPSA) is 38.0 Å². The number of allylic oxidation sites excluding steroid dienone is 1. The van der Waals surface area contributed by atoms with E-state index in [9.17, 15) is 0 Å². The maximum Gasteiger partial charge on any atom is 0.0516 e. The van der Waals surface area contributed by atoms with Crippen LogP contribution < -0.4 is 11.3 Å². The molecule has 0 aromatic heterocycles. The first-order valence-corrected chi connectivity index (χ1v) is 8.07. The van der Waals surface area contributed by atoms with Crippen molar-refractivity contribution >= 4 is 0 Å². The van der Waals surface area contributed by atoms with Gasteiger partial charge in [-0.05, 0) is 44.1 Å². The summed E-state index contributed by atoms with van der Waals surface area (Å²) < 4.78 is 0. The molecular formula is C18H26N2. The summed E-state index contributed by atoms with van der Waals surface area (Å²) in [5.41, 5.74) is 6.40. The Morgan fingerprint density at radius 3 is 2.35 bits per heavy atom. The number of rotatable bonds is 4. The van der Waals surface area contributed by atoms with E-state index in [0.29, 0.717) is 6.04 Å². The average molecular weight is 270 g/mol. The molecule has 0 saturated heterocycles. The fourth-order valence-corrected chi connectivity index (χ4v) is 4.27. The zero-order valence-electron chi connectivity index (χ0n) is 12.3. The van der Waals surface area contributed by atoms with Gasteiger partial charge in [-0.3, -0.25) is 11.3 Å². The van der Waals surface area contributed by atoms with Gasteiger partial charge in [0.1, 0.15) is 0 Å². The monoisotopic (exact) mass is 270 g/mol. The van der Waals surface area contributed by atoms with E-state index in [1.165, 1.54) is 56.9 Å². The molecule has 1 saturated carbocycles. The lowest BCUT2D eigenvalue weighted by molar-refractivity contribution is 0.322. The molecule has 0 heterocycles. The van der Waals surface area contributed by atoms with Crippen molar-refractivity contribution in [2.45, 2.75) is 62.8 Å². The Labute approximate surface area is 122 Å². The van der Waals surface area contributed by atoms with E-state index in [2.05, 4.69) is 41.8 Å². The normalized spacial score (nSPS) is 23.4. The van der Waals surface area contributed by atoms with Gasteiger partial charge >= 0.3 is 0 Å². The lowest BCUT2D eigenvalue weighted by atomic mass is 9.69. The highest BCUT2D eigenvalue weighted by Crippen LogP contribution is 2.46. The molecular weight excluding hydrogens is 244 g/mol. The second-order valence-electron chi connectivity index (χ2n) is 6.35. The molecule has 1 fully saturated rings. The van der Waals surface area contributed by atoms with Crippen molar-refractivity contribution in [3.8, 4) is 0 Å². The molecule has 1 aromatic carbocycles. The molecule has 1 atom stereocenters. The summed E-state index contributed by atoms with van der Waals surface area (Å²) in [5, 5.41) is 0. The fourth-order valence-electron chi connectivity index (χ4n) is 4.27. The van der Waals surface area contributed by atoms with Crippen LogP contribution in [0, 0.1) is 0 Å². The van der Waals surface area contributed by atoms with E-state index in [1.807, 2.05) is 0 Å². The summed E-state index contributed by atoms with van der Waals surface area (Å²) in [6.07, 6.45) is 12.7. The number of benzene rings is 1. The third-order valence-corrected chi connectivity index (χ3v) is 5.26. The van der Waals surface area contributed by atoms with Crippen LogP contribution in [0.4, 0.5) is 0 Å². The van der Waals surface area contributed by atoms with Crippen molar-refractivity contribution in [2.75, 3.05) is 0 Å². The van der Waals surface area contributed by atoms with Gasteiger partial charge in [0.05, 0.1) is 6.04 Å². The number of nitrogens with two attached hydrogens (primary N) is 1. The maximum absolute atomic E-state index is 6.02. The van der Waals surface area contributed by atoms with Crippen molar-refractivity contribution in [2.24, 2.45) is 5.84 Å². The number of hydrogen-bond donors (Lipinski definition) is 2. The molecule has 3 N–H and O–H groups in total. The Kier molecular flexibility index (Phi) is 4.23. The van der Waals surface area contributed by atoms with E-state index in [0.717, 1.165) is 0 Å². The van der Waals surface area contributed by atoms with Gasteiger partial charge in [-0.2, -0.15) is 0 Å². The van der Waals surface area contributed by atoms with Gasteiger partial charge in [0, 0.05) is 5.41 Å². The van der Waals surface area contributed by atoms with Crippen molar-refractivity contribution in [1.82, 2.24) is 5.43 Å². The van der Waals surface area contributed by atoms with Crippen molar-refractivity contribution in [1.29, 1.82) is 0 Å². The number of hydrazine groups is 1. The molecule has 2 nitrogen and oxygen atoms in total. The minimum atomic E-state index is 0.208. The second-order valence-corrected chi connectivity index (χ2v) is 6.35. The fraction of sp³-hybridized carbons (Fsp3) is 0.556. The predicted octanol–water partition coefficient (Wildman–Crippen LogP) is 3.83. The summed E-state index contributed by atoms with van der Waals surface area (Å²) >= 11 is 0. The Morgan fingerprint density at radius 1 is 1.00 bits per heavy atom. The summed E-state index contributed by atoms with van der Waals surface area (Å²) in [7, 11) is 0. The lowest BCUT2D eigenvalue weighted by Gasteiger charge is -2.40. The number of hydrogen-bond acceptors (Lipinski definition) is 2. The highest BCUT2D eigenvalue weighted by atomic mass is 15.2. The Balaban J connectivity index is 1.98. The van der Waals surface area contributed by atoms with Gasteiger partial charge in [-0.1, -0.05) is 54.8 Å². The molecule has 108 valence electrons. The first-order chi connectivity index (χ1) is 9.87. The molecule has 1 unspecified atom stereocenters. The van der Waals surface area contributed by atoms with Gasteiger partial charge in [0.25, 0.3) is 0 Å². The molecule has 2 aliphatic rings. The quantitative estimate of drug-likeness (QED) is 0.496. The first-order valence-electron chi connectivity index (χ1n) is 8.07. The predicted molar refractivity (Wildman–Crippen MR) is 84.3 cm³/mol. The molecule has 0 bridgehead atoms. The summed E-state index contributed by atoms with van der Waals surface area (Å²) in [6.45, 7) is 0. The molecule has 0 spiro atoms. The van der Waals surface area contributed by atoms with E-state index < -0.39 is 0 Å². The molecule has 1 aromatic rings. The van der Waals surface area contributed by atoms with E-state index in [1.54, 1.807) is 5.57 Å². The van der Waals surface area contributed by atoms with Crippen LogP contribution in [0.25, 0.3) is 0 Å². The van der Waals surface area contributed by atoms with Crippen molar-refractivity contribution in [3.63, 3.8) is 0 Å². The van der Waals surface area contributed by atoms with Crippen LogP contribution in [-0.2, 0) is 5.41 Å². The highest BCUT2D eigenvalue weighted by molar-refractivity contribution is 5.34. The standard InChI is InChI=1S/C18H26N2/c19-20-17(15-9-3-1-4-10-15)18(13-7-8-14-18)16-11-5-2-6-12-16/h2,5-6,9,11-12,17,20H,1,3-4,7-8,10,13-14,19H2. The van der Waals surface area contributed by atoms with Gasteiger partial charge < -0.3 is 0 Å².